The van der Waals surface area contributed by atoms with E-state index in [0.717, 1.165) is 9.87 Å². The van der Waals surface area contributed by atoms with E-state index >= 15 is 0 Å². The predicted molar refractivity (Wildman–Crippen MR) is 113 cm³/mol. The third-order valence-electron chi connectivity index (χ3n) is 4.50. The highest BCUT2D eigenvalue weighted by Crippen LogP contribution is 2.18. The number of fused-ring (bicyclic) bond motifs is 1. The molecule has 3 rings (SSSR count). The molecule has 9 heteroatoms. The molecule has 0 unspecified atom stereocenters. The number of likely N-dealkylation sites (N-methyl/N-ethyl adjacent to an activating group) is 1. The molecule has 3 aromatic rings. The van der Waals surface area contributed by atoms with Crippen LogP contribution < -0.4 is 10.9 Å². The molecular formula is C21H22N4O4S. The van der Waals surface area contributed by atoms with Crippen LogP contribution in [-0.4, -0.2) is 43.1 Å². The summed E-state index contributed by atoms with van der Waals surface area (Å²) in [5.41, 5.74) is 7.21. The Morgan fingerprint density at radius 2 is 1.67 bits per heavy atom. The van der Waals surface area contributed by atoms with Gasteiger partial charge in [-0.1, -0.05) is 35.9 Å². The van der Waals surface area contributed by atoms with Crippen molar-refractivity contribution in [2.75, 3.05) is 13.6 Å². The van der Waals surface area contributed by atoms with E-state index in [-0.39, 0.29) is 4.90 Å². The normalized spacial score (nSPS) is 11.5. The quantitative estimate of drug-likeness (QED) is 0.606. The van der Waals surface area contributed by atoms with Gasteiger partial charge in [-0.25, -0.2) is 8.42 Å². The van der Waals surface area contributed by atoms with Crippen molar-refractivity contribution < 1.29 is 18.0 Å². The third-order valence-corrected chi connectivity index (χ3v) is 6.32. The second-order valence-corrected chi connectivity index (χ2v) is 8.95. The van der Waals surface area contributed by atoms with Gasteiger partial charge >= 0.3 is 0 Å². The number of carbonyl (C=O) groups excluding carboxylic acids is 2. The standard InChI is InChI=1S/C21H22N4O4S/c1-14-8-10-16(11-9-14)30(28,29)25(3)13-20(26)23-24-21(27)18-12-15(2)22-19-7-5-4-6-17(18)19/h4-12H,13H2,1-3H3,(H,23,26)(H,24,27). The van der Waals surface area contributed by atoms with Gasteiger partial charge in [0.1, 0.15) is 0 Å². The second-order valence-electron chi connectivity index (χ2n) is 6.90. The minimum atomic E-state index is -3.82. The molecule has 0 saturated carbocycles. The molecule has 0 aliphatic carbocycles. The number of hydrogen-bond acceptors (Lipinski definition) is 5. The van der Waals surface area contributed by atoms with Gasteiger partial charge < -0.3 is 0 Å². The van der Waals surface area contributed by atoms with Gasteiger partial charge in [0, 0.05) is 18.1 Å². The van der Waals surface area contributed by atoms with Crippen molar-refractivity contribution in [3.8, 4) is 0 Å². The first kappa shape index (κ1) is 21.4. The molecule has 0 radical (unpaired) electrons. The van der Waals surface area contributed by atoms with Crippen molar-refractivity contribution in [3.05, 3.63) is 71.4 Å². The average Bonchev–Trinajstić information content (AvgIpc) is 2.71. The Morgan fingerprint density at radius 3 is 2.37 bits per heavy atom. The number of aryl methyl sites for hydroxylation is 2. The van der Waals surface area contributed by atoms with Crippen LogP contribution in [0.15, 0.2) is 59.5 Å². The molecule has 1 aromatic heterocycles. The van der Waals surface area contributed by atoms with Gasteiger partial charge in [0.05, 0.1) is 22.5 Å². The molecule has 0 aliphatic rings. The lowest BCUT2D eigenvalue weighted by atomic mass is 10.1. The van der Waals surface area contributed by atoms with Crippen LogP contribution in [0.3, 0.4) is 0 Å². The van der Waals surface area contributed by atoms with Gasteiger partial charge in [0.15, 0.2) is 0 Å². The van der Waals surface area contributed by atoms with Crippen LogP contribution in [0.1, 0.15) is 21.6 Å². The fourth-order valence-corrected chi connectivity index (χ4v) is 4.03. The first-order chi connectivity index (χ1) is 14.2. The fourth-order valence-electron chi connectivity index (χ4n) is 2.91. The lowest BCUT2D eigenvalue weighted by Crippen LogP contribution is -2.46. The highest BCUT2D eigenvalue weighted by atomic mass is 32.2. The summed E-state index contributed by atoms with van der Waals surface area (Å²) in [4.78, 5) is 29.2. The summed E-state index contributed by atoms with van der Waals surface area (Å²) in [5, 5.41) is 0.647. The summed E-state index contributed by atoms with van der Waals surface area (Å²) < 4.78 is 26.1. The fraction of sp³-hybridized carbons (Fsp3) is 0.190. The Balaban J connectivity index is 1.66. The monoisotopic (exact) mass is 426 g/mol. The van der Waals surface area contributed by atoms with Gasteiger partial charge in [-0.2, -0.15) is 4.31 Å². The molecule has 2 aromatic carbocycles. The van der Waals surface area contributed by atoms with Crippen LogP contribution in [0.2, 0.25) is 0 Å². The van der Waals surface area contributed by atoms with E-state index < -0.39 is 28.4 Å². The summed E-state index contributed by atoms with van der Waals surface area (Å²) in [6.45, 7) is 3.17. The minimum Gasteiger partial charge on any atom is -0.272 e. The molecule has 0 atom stereocenters. The maximum Gasteiger partial charge on any atom is 0.270 e. The Hall–Kier alpha value is -3.30. The summed E-state index contributed by atoms with van der Waals surface area (Å²) >= 11 is 0. The van der Waals surface area contributed by atoms with Gasteiger partial charge in [-0.05, 0) is 38.1 Å². The van der Waals surface area contributed by atoms with E-state index in [1.807, 2.05) is 13.0 Å². The van der Waals surface area contributed by atoms with Crippen LogP contribution in [0, 0.1) is 13.8 Å². The van der Waals surface area contributed by atoms with Gasteiger partial charge in [0.2, 0.25) is 10.0 Å². The Labute approximate surface area is 174 Å². The van der Waals surface area contributed by atoms with Crippen LogP contribution in [-0.2, 0) is 14.8 Å². The number of hydrazine groups is 1. The average molecular weight is 426 g/mol. The Bertz CT molecular complexity index is 1210. The van der Waals surface area contributed by atoms with Crippen molar-refractivity contribution in [2.45, 2.75) is 18.7 Å². The lowest BCUT2D eigenvalue weighted by Gasteiger charge is -2.17. The van der Waals surface area contributed by atoms with Crippen LogP contribution in [0.4, 0.5) is 0 Å². The summed E-state index contributed by atoms with van der Waals surface area (Å²) in [6.07, 6.45) is 0. The molecule has 0 fully saturated rings. The van der Waals surface area contributed by atoms with E-state index in [9.17, 15) is 18.0 Å². The summed E-state index contributed by atoms with van der Waals surface area (Å²) in [5.74, 6) is -1.19. The number of para-hydroxylation sites is 1. The molecule has 0 saturated heterocycles. The number of sulfonamides is 1. The van der Waals surface area contributed by atoms with Gasteiger partial charge in [-0.15, -0.1) is 0 Å². The number of pyridine rings is 1. The molecule has 1 heterocycles. The number of amides is 2. The zero-order valence-electron chi connectivity index (χ0n) is 16.8. The van der Waals surface area contributed by atoms with Crippen LogP contribution in [0.5, 0.6) is 0 Å². The molecule has 156 valence electrons. The second kappa shape index (κ2) is 8.60. The Kier molecular flexibility index (Phi) is 6.14. The molecule has 0 bridgehead atoms. The zero-order chi connectivity index (χ0) is 21.9. The van der Waals surface area contributed by atoms with Gasteiger partial charge in [0.25, 0.3) is 11.8 Å². The highest BCUT2D eigenvalue weighted by molar-refractivity contribution is 7.89. The molecule has 2 N–H and O–H groups in total. The topological polar surface area (TPSA) is 108 Å². The maximum absolute atomic E-state index is 12.6. The van der Waals surface area contributed by atoms with E-state index in [1.165, 1.54) is 19.2 Å². The maximum atomic E-state index is 12.6. The van der Waals surface area contributed by atoms with Crippen molar-refractivity contribution in [2.24, 2.45) is 0 Å². The summed E-state index contributed by atoms with van der Waals surface area (Å²) in [6, 6.07) is 15.1. The van der Waals surface area contributed by atoms with Crippen LogP contribution in [0.25, 0.3) is 10.9 Å². The zero-order valence-corrected chi connectivity index (χ0v) is 17.7. The number of carbonyl (C=O) groups is 2. The van der Waals surface area contributed by atoms with Crippen LogP contribution >= 0.6 is 0 Å². The number of benzene rings is 2. The lowest BCUT2D eigenvalue weighted by molar-refractivity contribution is -0.121. The van der Waals surface area contributed by atoms with E-state index in [4.69, 9.17) is 0 Å². The molecule has 0 spiro atoms. The number of aromatic nitrogens is 1. The molecule has 2 amide bonds. The van der Waals surface area contributed by atoms with E-state index in [2.05, 4.69) is 15.8 Å². The van der Waals surface area contributed by atoms with Gasteiger partial charge in [-0.3, -0.25) is 25.4 Å². The summed E-state index contributed by atoms with van der Waals surface area (Å²) in [7, 11) is -2.52. The highest BCUT2D eigenvalue weighted by Gasteiger charge is 2.23. The van der Waals surface area contributed by atoms with Crippen molar-refractivity contribution in [1.82, 2.24) is 20.1 Å². The predicted octanol–water partition coefficient (Wildman–Crippen LogP) is 1.93. The number of rotatable bonds is 5. The molecule has 0 aliphatic heterocycles. The molecular weight excluding hydrogens is 404 g/mol. The first-order valence-corrected chi connectivity index (χ1v) is 10.6. The number of hydrogen-bond donors (Lipinski definition) is 2. The van der Waals surface area contributed by atoms with E-state index in [1.54, 1.807) is 43.3 Å². The van der Waals surface area contributed by atoms with Crippen molar-refractivity contribution in [1.29, 1.82) is 0 Å². The number of nitrogens with one attached hydrogen (secondary N) is 2. The largest absolute Gasteiger partial charge is 0.272 e. The Morgan fingerprint density at radius 1 is 1.00 bits per heavy atom. The minimum absolute atomic E-state index is 0.0890. The smallest absolute Gasteiger partial charge is 0.270 e. The SMILES string of the molecule is Cc1ccc(S(=O)(=O)N(C)CC(=O)NNC(=O)c2cc(C)nc3ccccc23)cc1. The van der Waals surface area contributed by atoms with E-state index in [0.29, 0.717) is 22.2 Å². The van der Waals surface area contributed by atoms with Crippen molar-refractivity contribution >= 4 is 32.7 Å². The first-order valence-electron chi connectivity index (χ1n) is 9.17. The molecule has 30 heavy (non-hydrogen) atoms. The van der Waals surface area contributed by atoms with Crippen molar-refractivity contribution in [3.63, 3.8) is 0 Å². The molecule has 8 nitrogen and oxygen atoms in total. The third kappa shape index (κ3) is 4.64. The number of nitrogens with zero attached hydrogens (tertiary/aromatic N) is 2.